The second kappa shape index (κ2) is 3.75. The second-order valence-corrected chi connectivity index (χ2v) is 3.63. The van der Waals surface area contributed by atoms with Crippen LogP contribution in [0.25, 0.3) is 11.5 Å². The largest absolute Gasteiger partial charge is 0.448 e. The number of furan rings is 1. The van der Waals surface area contributed by atoms with E-state index in [-0.39, 0.29) is 5.82 Å². The first kappa shape index (κ1) is 9.74. The van der Waals surface area contributed by atoms with E-state index in [4.69, 9.17) is 15.4 Å². The molecule has 0 spiro atoms. The predicted molar refractivity (Wildman–Crippen MR) is 58.8 cm³/mol. The van der Waals surface area contributed by atoms with Gasteiger partial charge in [-0.2, -0.15) is 5.26 Å². The molecule has 5 heteroatoms. The van der Waals surface area contributed by atoms with Crippen LogP contribution in [0, 0.1) is 11.3 Å². The van der Waals surface area contributed by atoms with Gasteiger partial charge in [-0.1, -0.05) is 0 Å². The van der Waals surface area contributed by atoms with Gasteiger partial charge in [0.15, 0.2) is 10.4 Å². The molecule has 0 aliphatic heterocycles. The summed E-state index contributed by atoms with van der Waals surface area (Å²) in [5, 5.41) is 8.68. The van der Waals surface area contributed by atoms with Crippen molar-refractivity contribution in [3.05, 3.63) is 34.5 Å². The molecule has 0 amide bonds. The normalized spacial score (nSPS) is 9.87. The molecule has 0 saturated heterocycles. The van der Waals surface area contributed by atoms with Crippen LogP contribution < -0.4 is 5.73 Å². The van der Waals surface area contributed by atoms with Gasteiger partial charge >= 0.3 is 0 Å². The van der Waals surface area contributed by atoms with E-state index in [1.807, 2.05) is 6.07 Å². The molecule has 0 aliphatic rings. The SMILES string of the molecule is N#Cc1ccc(-c2ccc(Br)o2)nc1N. The van der Waals surface area contributed by atoms with Gasteiger partial charge in [0.2, 0.25) is 0 Å². The molecule has 2 aromatic heterocycles. The third-order valence-electron chi connectivity index (χ3n) is 1.87. The zero-order valence-corrected chi connectivity index (χ0v) is 9.15. The van der Waals surface area contributed by atoms with Crippen LogP contribution in [-0.2, 0) is 0 Å². The zero-order valence-electron chi connectivity index (χ0n) is 7.57. The van der Waals surface area contributed by atoms with E-state index in [9.17, 15) is 0 Å². The third-order valence-corrected chi connectivity index (χ3v) is 2.30. The van der Waals surface area contributed by atoms with Gasteiger partial charge in [-0.25, -0.2) is 4.98 Å². The number of aromatic nitrogens is 1. The molecule has 2 aromatic rings. The van der Waals surface area contributed by atoms with Crippen LogP contribution in [0.5, 0.6) is 0 Å². The lowest BCUT2D eigenvalue weighted by atomic mass is 10.2. The van der Waals surface area contributed by atoms with Crippen molar-refractivity contribution in [2.45, 2.75) is 0 Å². The quantitative estimate of drug-likeness (QED) is 0.858. The minimum Gasteiger partial charge on any atom is -0.448 e. The Morgan fingerprint density at radius 1 is 1.33 bits per heavy atom. The van der Waals surface area contributed by atoms with Crippen LogP contribution in [0.2, 0.25) is 0 Å². The fraction of sp³-hybridized carbons (Fsp3) is 0. The highest BCUT2D eigenvalue weighted by atomic mass is 79.9. The summed E-state index contributed by atoms with van der Waals surface area (Å²) in [6, 6.07) is 8.81. The van der Waals surface area contributed by atoms with E-state index in [0.717, 1.165) is 0 Å². The van der Waals surface area contributed by atoms with Crippen molar-refractivity contribution < 1.29 is 4.42 Å². The van der Waals surface area contributed by atoms with Crippen molar-refractivity contribution in [3.63, 3.8) is 0 Å². The maximum atomic E-state index is 8.68. The van der Waals surface area contributed by atoms with Gasteiger partial charge in [0.25, 0.3) is 0 Å². The Balaban J connectivity index is 2.48. The molecular weight excluding hydrogens is 258 g/mol. The van der Waals surface area contributed by atoms with Gasteiger partial charge in [-0.15, -0.1) is 0 Å². The first-order valence-corrected chi connectivity index (χ1v) is 4.92. The van der Waals surface area contributed by atoms with Gasteiger partial charge in [-0.05, 0) is 40.2 Å². The summed E-state index contributed by atoms with van der Waals surface area (Å²) < 4.78 is 5.94. The molecule has 0 aliphatic carbocycles. The molecule has 0 saturated carbocycles. The van der Waals surface area contributed by atoms with Crippen LogP contribution in [0.4, 0.5) is 5.82 Å². The average Bonchev–Trinajstić information content (AvgIpc) is 2.65. The van der Waals surface area contributed by atoms with Gasteiger partial charge < -0.3 is 10.2 Å². The number of hydrogen-bond acceptors (Lipinski definition) is 4. The number of halogens is 1. The van der Waals surface area contributed by atoms with Crippen molar-refractivity contribution in [2.24, 2.45) is 0 Å². The molecule has 15 heavy (non-hydrogen) atoms. The Morgan fingerprint density at radius 3 is 2.67 bits per heavy atom. The molecule has 2 rings (SSSR count). The summed E-state index contributed by atoms with van der Waals surface area (Å²) in [6.45, 7) is 0. The number of anilines is 1. The maximum Gasteiger partial charge on any atom is 0.169 e. The lowest BCUT2D eigenvalue weighted by Gasteiger charge is -1.99. The first-order valence-electron chi connectivity index (χ1n) is 4.13. The fourth-order valence-electron chi connectivity index (χ4n) is 1.16. The van der Waals surface area contributed by atoms with Gasteiger partial charge in [-0.3, -0.25) is 0 Å². The highest BCUT2D eigenvalue weighted by molar-refractivity contribution is 9.10. The van der Waals surface area contributed by atoms with E-state index in [1.165, 1.54) is 0 Å². The lowest BCUT2D eigenvalue weighted by molar-refractivity contribution is 0.554. The number of nitrogens with zero attached hydrogens (tertiary/aromatic N) is 2. The summed E-state index contributed by atoms with van der Waals surface area (Å²) in [7, 11) is 0. The van der Waals surface area contributed by atoms with Gasteiger partial charge in [0.1, 0.15) is 17.6 Å². The molecular formula is C10H6BrN3O. The fourth-order valence-corrected chi connectivity index (χ4v) is 1.47. The van der Waals surface area contributed by atoms with Gasteiger partial charge in [0, 0.05) is 0 Å². The molecule has 0 bridgehead atoms. The molecule has 0 atom stereocenters. The molecule has 0 aromatic carbocycles. The second-order valence-electron chi connectivity index (χ2n) is 2.84. The van der Waals surface area contributed by atoms with Crippen LogP contribution in [0.3, 0.4) is 0 Å². The Bertz CT molecular complexity index is 542. The van der Waals surface area contributed by atoms with Gasteiger partial charge in [0.05, 0.1) is 5.56 Å². The molecule has 0 unspecified atom stereocenters. The van der Waals surface area contributed by atoms with Crippen LogP contribution in [0.1, 0.15) is 5.56 Å². The molecule has 74 valence electrons. The third kappa shape index (κ3) is 1.85. The zero-order chi connectivity index (χ0) is 10.8. The standard InChI is InChI=1S/C10H6BrN3O/c11-9-4-3-8(15-9)7-2-1-6(5-12)10(13)14-7/h1-4H,(H2,13,14). The Kier molecular flexibility index (Phi) is 2.44. The Morgan fingerprint density at radius 2 is 2.13 bits per heavy atom. The van der Waals surface area contributed by atoms with Crippen molar-refractivity contribution in [1.29, 1.82) is 5.26 Å². The highest BCUT2D eigenvalue weighted by Crippen LogP contribution is 2.24. The van der Waals surface area contributed by atoms with Crippen LogP contribution in [-0.4, -0.2) is 4.98 Å². The van der Waals surface area contributed by atoms with Crippen molar-refractivity contribution in [2.75, 3.05) is 5.73 Å². The number of hydrogen-bond donors (Lipinski definition) is 1. The maximum absolute atomic E-state index is 8.68. The topological polar surface area (TPSA) is 75.8 Å². The van der Waals surface area contributed by atoms with Crippen molar-refractivity contribution in [3.8, 4) is 17.5 Å². The molecule has 2 heterocycles. The van der Waals surface area contributed by atoms with E-state index in [1.54, 1.807) is 24.3 Å². The summed E-state index contributed by atoms with van der Waals surface area (Å²) >= 11 is 3.20. The van der Waals surface area contributed by atoms with E-state index in [0.29, 0.717) is 21.7 Å². The summed E-state index contributed by atoms with van der Waals surface area (Å²) in [4.78, 5) is 4.07. The number of nitrogens with two attached hydrogens (primary N) is 1. The first-order chi connectivity index (χ1) is 7.20. The predicted octanol–water partition coefficient (Wildman–Crippen LogP) is 2.56. The minimum absolute atomic E-state index is 0.211. The van der Waals surface area contributed by atoms with E-state index in [2.05, 4.69) is 20.9 Å². The molecule has 0 fully saturated rings. The number of nitriles is 1. The Hall–Kier alpha value is -1.80. The van der Waals surface area contributed by atoms with Crippen LogP contribution >= 0.6 is 15.9 Å². The van der Waals surface area contributed by atoms with Crippen LogP contribution in [0.15, 0.2) is 33.4 Å². The summed E-state index contributed by atoms with van der Waals surface area (Å²) in [6.07, 6.45) is 0. The minimum atomic E-state index is 0.211. The highest BCUT2D eigenvalue weighted by Gasteiger charge is 2.07. The average molecular weight is 264 g/mol. The number of pyridine rings is 1. The molecule has 2 N–H and O–H groups in total. The van der Waals surface area contributed by atoms with Crippen molar-refractivity contribution >= 4 is 21.7 Å². The number of nitrogen functional groups attached to an aromatic ring is 1. The summed E-state index contributed by atoms with van der Waals surface area (Å²) in [5.74, 6) is 0.820. The van der Waals surface area contributed by atoms with Crippen molar-refractivity contribution in [1.82, 2.24) is 4.98 Å². The Labute approximate surface area is 94.5 Å². The monoisotopic (exact) mass is 263 g/mol. The van der Waals surface area contributed by atoms with E-state index >= 15 is 0 Å². The molecule has 0 radical (unpaired) electrons. The smallest absolute Gasteiger partial charge is 0.169 e. The molecule has 4 nitrogen and oxygen atoms in total. The van der Waals surface area contributed by atoms with E-state index < -0.39 is 0 Å². The number of rotatable bonds is 1. The summed E-state index contributed by atoms with van der Waals surface area (Å²) in [5.41, 5.74) is 6.56. The lowest BCUT2D eigenvalue weighted by Crippen LogP contribution is -1.95.